The van der Waals surface area contributed by atoms with Gasteiger partial charge in [-0.3, -0.25) is 0 Å². The quantitative estimate of drug-likeness (QED) is 0.525. The molecule has 0 saturated carbocycles. The summed E-state index contributed by atoms with van der Waals surface area (Å²) in [6.07, 6.45) is 0. The second-order valence-corrected chi connectivity index (χ2v) is 3.92. The molecule has 0 heterocycles. The Morgan fingerprint density at radius 3 is 1.65 bits per heavy atom. The van der Waals surface area contributed by atoms with Crippen LogP contribution in [0.15, 0.2) is 47.8 Å². The van der Waals surface area contributed by atoms with Crippen LogP contribution in [0, 0.1) is 35.8 Å². The molecule has 0 radical (unpaired) electrons. The predicted octanol–water partition coefficient (Wildman–Crippen LogP) is 3.56. The minimum Gasteiger partial charge on any atom is -0.226 e. The Labute approximate surface area is 116 Å². The monoisotopic (exact) mass is 254 g/mol. The predicted molar refractivity (Wildman–Crippen MR) is 73.9 cm³/mol. The van der Waals surface area contributed by atoms with Gasteiger partial charge in [0.25, 0.3) is 11.4 Å². The molecule has 1 aliphatic rings. The summed E-state index contributed by atoms with van der Waals surface area (Å²) in [5.41, 5.74) is 2.35. The van der Waals surface area contributed by atoms with Crippen molar-refractivity contribution in [1.82, 2.24) is 0 Å². The molecule has 90 valence electrons. The van der Waals surface area contributed by atoms with Crippen molar-refractivity contribution in [1.29, 1.82) is 10.5 Å². The Kier molecular flexibility index (Phi) is 3.18. The first kappa shape index (κ1) is 12.8. The molecular weight excluding hydrogens is 248 g/mol. The fraction of sp³-hybridized carbons (Fsp3) is 0. The highest BCUT2D eigenvalue weighted by molar-refractivity contribution is 6.11. The highest BCUT2D eigenvalue weighted by Gasteiger charge is 2.29. The number of hydrogen-bond acceptors (Lipinski definition) is 2. The number of fused-ring (bicyclic) bond motifs is 1. The van der Waals surface area contributed by atoms with E-state index in [-0.39, 0.29) is 11.4 Å². The van der Waals surface area contributed by atoms with Crippen molar-refractivity contribution in [2.45, 2.75) is 0 Å². The zero-order valence-electron chi connectivity index (χ0n) is 10.3. The van der Waals surface area contributed by atoms with E-state index in [1.807, 2.05) is 12.1 Å². The van der Waals surface area contributed by atoms with Crippen LogP contribution in [0.4, 0.5) is 0 Å². The highest BCUT2D eigenvalue weighted by Crippen LogP contribution is 2.47. The van der Waals surface area contributed by atoms with E-state index in [9.17, 15) is 0 Å². The Bertz CT molecular complexity index is 752. The molecule has 1 aliphatic carbocycles. The van der Waals surface area contributed by atoms with Crippen molar-refractivity contribution < 1.29 is 0 Å². The third kappa shape index (κ3) is 1.67. The molecule has 0 amide bonds. The van der Waals surface area contributed by atoms with Crippen molar-refractivity contribution in [3.8, 4) is 12.1 Å². The molecule has 1 aromatic carbocycles. The zero-order chi connectivity index (χ0) is 14.7. The molecule has 0 aromatic heterocycles. The van der Waals surface area contributed by atoms with Gasteiger partial charge in [-0.05, 0) is 16.7 Å². The third-order valence-corrected chi connectivity index (χ3v) is 2.98. The smallest absolute Gasteiger partial charge is 0.226 e. The third-order valence-electron chi connectivity index (χ3n) is 2.98. The molecule has 0 saturated heterocycles. The fourth-order valence-corrected chi connectivity index (χ4v) is 2.18. The molecule has 0 atom stereocenters. The standard InChI is InChI=1S/C16H6N4/c1-10-15(13(8-17)19-2)11-6-4-5-7-12(11)16(10)14(9-18)20-3/h4-7H,1H2. The fourth-order valence-electron chi connectivity index (χ4n) is 2.18. The van der Waals surface area contributed by atoms with Gasteiger partial charge < -0.3 is 0 Å². The topological polar surface area (TPSA) is 56.3 Å². The van der Waals surface area contributed by atoms with E-state index in [1.165, 1.54) is 0 Å². The average molecular weight is 254 g/mol. The normalized spacial score (nSPS) is 17.1. The lowest BCUT2D eigenvalue weighted by atomic mass is 10.0. The first-order chi connectivity index (χ1) is 9.69. The Balaban J connectivity index is 2.96. The van der Waals surface area contributed by atoms with E-state index in [2.05, 4.69) is 16.3 Å². The van der Waals surface area contributed by atoms with Gasteiger partial charge in [-0.2, -0.15) is 0 Å². The lowest BCUT2D eigenvalue weighted by molar-refractivity contribution is 1.49. The molecule has 0 unspecified atom stereocenters. The van der Waals surface area contributed by atoms with Gasteiger partial charge in [-0.25, -0.2) is 20.2 Å². The summed E-state index contributed by atoms with van der Waals surface area (Å²) in [6.45, 7) is 18.0. The summed E-state index contributed by atoms with van der Waals surface area (Å²) in [4.78, 5) is 6.42. The van der Waals surface area contributed by atoms with Gasteiger partial charge in [0.15, 0.2) is 0 Å². The van der Waals surface area contributed by atoms with Crippen molar-refractivity contribution in [2.24, 2.45) is 0 Å². The number of nitriles is 2. The van der Waals surface area contributed by atoms with E-state index in [1.54, 1.807) is 24.3 Å². The number of allylic oxidation sites excluding steroid dienone is 5. The molecular formula is C16H6N4. The molecule has 0 spiro atoms. The average Bonchev–Trinajstić information content (AvgIpc) is 2.76. The zero-order valence-corrected chi connectivity index (χ0v) is 10.3. The maximum atomic E-state index is 9.06. The molecule has 0 fully saturated rings. The van der Waals surface area contributed by atoms with Crippen LogP contribution in [-0.2, 0) is 0 Å². The van der Waals surface area contributed by atoms with Gasteiger partial charge >= 0.3 is 0 Å². The van der Waals surface area contributed by atoms with Crippen LogP contribution in [0.2, 0.25) is 0 Å². The van der Waals surface area contributed by atoms with Crippen LogP contribution in [0.3, 0.4) is 0 Å². The van der Waals surface area contributed by atoms with Crippen molar-refractivity contribution in [2.75, 3.05) is 0 Å². The van der Waals surface area contributed by atoms with Crippen molar-refractivity contribution >= 4 is 11.1 Å². The maximum Gasteiger partial charge on any atom is 0.270 e. The van der Waals surface area contributed by atoms with Gasteiger partial charge in [-0.15, -0.1) is 0 Å². The minimum absolute atomic E-state index is 0.0836. The summed E-state index contributed by atoms with van der Waals surface area (Å²) < 4.78 is 0. The molecule has 1 aromatic rings. The lowest BCUT2D eigenvalue weighted by Crippen LogP contribution is -1.85. The van der Waals surface area contributed by atoms with Crippen molar-refractivity contribution in [3.63, 3.8) is 0 Å². The Morgan fingerprint density at radius 2 is 1.35 bits per heavy atom. The molecule has 4 heteroatoms. The first-order valence-corrected chi connectivity index (χ1v) is 5.52. The number of hydrogen-bond donors (Lipinski definition) is 0. The number of benzene rings is 1. The Morgan fingerprint density at radius 1 is 0.950 bits per heavy atom. The Hall–Kier alpha value is -3.60. The lowest BCUT2D eigenvalue weighted by Gasteiger charge is -2.01. The van der Waals surface area contributed by atoms with E-state index in [0.29, 0.717) is 27.8 Å². The summed E-state index contributed by atoms with van der Waals surface area (Å²) in [5.74, 6) is 0. The van der Waals surface area contributed by atoms with Crippen LogP contribution < -0.4 is 0 Å². The number of nitrogens with zero attached hydrogens (tertiary/aromatic N) is 4. The van der Waals surface area contributed by atoms with Gasteiger partial charge in [0.1, 0.15) is 0 Å². The van der Waals surface area contributed by atoms with Gasteiger partial charge in [-0.1, -0.05) is 30.8 Å². The summed E-state index contributed by atoms with van der Waals surface area (Å²) in [7, 11) is 0. The molecule has 0 N–H and O–H groups in total. The van der Waals surface area contributed by atoms with Crippen LogP contribution in [0.5, 0.6) is 0 Å². The van der Waals surface area contributed by atoms with E-state index < -0.39 is 0 Å². The molecule has 20 heavy (non-hydrogen) atoms. The highest BCUT2D eigenvalue weighted by atomic mass is 14.7. The van der Waals surface area contributed by atoms with E-state index in [4.69, 9.17) is 23.7 Å². The molecule has 0 aliphatic heterocycles. The number of rotatable bonds is 0. The van der Waals surface area contributed by atoms with E-state index >= 15 is 0 Å². The largest absolute Gasteiger partial charge is 0.270 e. The second kappa shape index (κ2) is 4.95. The molecule has 0 bridgehead atoms. The van der Waals surface area contributed by atoms with Crippen LogP contribution >= 0.6 is 0 Å². The minimum atomic E-state index is -0.0836. The van der Waals surface area contributed by atoms with Crippen LogP contribution in [-0.4, -0.2) is 0 Å². The van der Waals surface area contributed by atoms with E-state index in [0.717, 1.165) is 0 Å². The maximum absolute atomic E-state index is 9.06. The molecule has 4 nitrogen and oxygen atoms in total. The van der Waals surface area contributed by atoms with Crippen LogP contribution in [0.1, 0.15) is 11.1 Å². The SMILES string of the molecule is [C-]#[N+]C(C#N)=C1C(=C)C(=C(C#N)[N+]#[C-])c2ccccc21. The summed E-state index contributed by atoms with van der Waals surface area (Å²) in [6, 6.07) is 10.7. The van der Waals surface area contributed by atoms with Gasteiger partial charge in [0, 0.05) is 11.1 Å². The summed E-state index contributed by atoms with van der Waals surface area (Å²) >= 11 is 0. The first-order valence-electron chi connectivity index (χ1n) is 5.52. The van der Waals surface area contributed by atoms with Gasteiger partial charge in [0.2, 0.25) is 0 Å². The second-order valence-electron chi connectivity index (χ2n) is 3.92. The molecule has 2 rings (SSSR count). The van der Waals surface area contributed by atoms with Gasteiger partial charge in [0.05, 0.1) is 25.3 Å². The van der Waals surface area contributed by atoms with Crippen molar-refractivity contribution in [3.05, 3.63) is 81.8 Å². The van der Waals surface area contributed by atoms with Crippen LogP contribution in [0.25, 0.3) is 20.8 Å². The summed E-state index contributed by atoms with van der Waals surface area (Å²) in [5, 5.41) is 18.1.